The van der Waals surface area contributed by atoms with Gasteiger partial charge in [0.15, 0.2) is 0 Å². The largest absolute Gasteiger partial charge is 0.382 e. The molecule has 0 aliphatic carbocycles. The molecule has 88 valence electrons. The van der Waals surface area contributed by atoms with Crippen LogP contribution >= 0.6 is 0 Å². The van der Waals surface area contributed by atoms with E-state index in [-0.39, 0.29) is 5.84 Å². The first-order valence-corrected chi connectivity index (χ1v) is 5.44. The topological polar surface area (TPSA) is 80.6 Å². The molecule has 5 nitrogen and oxygen atoms in total. The summed E-state index contributed by atoms with van der Waals surface area (Å²) in [6, 6.07) is 5.57. The fraction of sp³-hybridized carbons (Fsp3) is 0.250. The van der Waals surface area contributed by atoms with Crippen molar-refractivity contribution in [3.05, 3.63) is 42.0 Å². The normalized spacial score (nSPS) is 10.8. The molecule has 0 spiro atoms. The molecule has 0 aliphatic rings. The number of nitrogen functional groups attached to an aromatic ring is 1. The van der Waals surface area contributed by atoms with Crippen LogP contribution in [0.15, 0.2) is 30.6 Å². The summed E-state index contributed by atoms with van der Waals surface area (Å²) < 4.78 is 1.77. The SMILES string of the molecule is CC(C)c1ccn(-c2ccnc(C(=N)N)c2)n1. The monoisotopic (exact) mass is 229 g/mol. The number of rotatable bonds is 3. The molecular weight excluding hydrogens is 214 g/mol. The van der Waals surface area contributed by atoms with Crippen LogP contribution in [0.25, 0.3) is 5.69 Å². The molecule has 0 aromatic carbocycles. The highest BCUT2D eigenvalue weighted by atomic mass is 15.3. The maximum atomic E-state index is 7.35. The van der Waals surface area contributed by atoms with Crippen molar-refractivity contribution < 1.29 is 0 Å². The lowest BCUT2D eigenvalue weighted by Gasteiger charge is -2.04. The number of aromatic nitrogens is 3. The first kappa shape index (κ1) is 11.3. The van der Waals surface area contributed by atoms with Gasteiger partial charge in [-0.2, -0.15) is 5.10 Å². The number of hydrogen-bond donors (Lipinski definition) is 2. The van der Waals surface area contributed by atoms with E-state index >= 15 is 0 Å². The van der Waals surface area contributed by atoms with E-state index in [1.807, 2.05) is 18.3 Å². The molecule has 0 fully saturated rings. The standard InChI is InChI=1S/C12H15N5/c1-8(2)10-4-6-17(16-10)9-3-5-15-11(7-9)12(13)14/h3-8H,1-2H3,(H3,13,14). The predicted molar refractivity (Wildman–Crippen MR) is 66.5 cm³/mol. The number of pyridine rings is 1. The number of nitrogens with one attached hydrogen (secondary N) is 1. The third kappa shape index (κ3) is 2.33. The molecule has 2 aromatic rings. The Kier molecular flexibility index (Phi) is 2.91. The Morgan fingerprint density at radius 2 is 2.18 bits per heavy atom. The Balaban J connectivity index is 2.38. The summed E-state index contributed by atoms with van der Waals surface area (Å²) in [5.74, 6) is 0.355. The van der Waals surface area contributed by atoms with E-state index in [1.54, 1.807) is 16.9 Å². The maximum absolute atomic E-state index is 7.35. The van der Waals surface area contributed by atoms with E-state index in [4.69, 9.17) is 11.1 Å². The van der Waals surface area contributed by atoms with Crippen molar-refractivity contribution in [2.45, 2.75) is 19.8 Å². The Bertz CT molecular complexity index is 541. The highest BCUT2D eigenvalue weighted by molar-refractivity contribution is 5.93. The number of nitrogens with two attached hydrogens (primary N) is 1. The van der Waals surface area contributed by atoms with Crippen LogP contribution in [0.3, 0.4) is 0 Å². The molecule has 0 unspecified atom stereocenters. The summed E-state index contributed by atoms with van der Waals surface area (Å²) in [4.78, 5) is 4.02. The molecule has 2 aromatic heterocycles. The molecule has 0 radical (unpaired) electrons. The van der Waals surface area contributed by atoms with Crippen LogP contribution in [0, 0.1) is 5.41 Å². The van der Waals surface area contributed by atoms with Crippen molar-refractivity contribution in [2.24, 2.45) is 5.73 Å². The van der Waals surface area contributed by atoms with Gasteiger partial charge in [0.2, 0.25) is 0 Å². The Hall–Kier alpha value is -2.17. The first-order valence-electron chi connectivity index (χ1n) is 5.44. The Morgan fingerprint density at radius 1 is 1.41 bits per heavy atom. The summed E-state index contributed by atoms with van der Waals surface area (Å²) in [5, 5.41) is 11.8. The van der Waals surface area contributed by atoms with Crippen molar-refractivity contribution >= 4 is 5.84 Å². The van der Waals surface area contributed by atoms with Crippen LogP contribution in [0.1, 0.15) is 31.2 Å². The van der Waals surface area contributed by atoms with Gasteiger partial charge < -0.3 is 5.73 Å². The van der Waals surface area contributed by atoms with Gasteiger partial charge in [-0.15, -0.1) is 0 Å². The molecule has 0 atom stereocenters. The van der Waals surface area contributed by atoms with Gasteiger partial charge in [-0.05, 0) is 24.1 Å². The summed E-state index contributed by atoms with van der Waals surface area (Å²) in [6.07, 6.45) is 3.53. The van der Waals surface area contributed by atoms with Gasteiger partial charge in [0.1, 0.15) is 11.5 Å². The quantitative estimate of drug-likeness (QED) is 0.620. The van der Waals surface area contributed by atoms with E-state index in [9.17, 15) is 0 Å². The third-order valence-electron chi connectivity index (χ3n) is 2.49. The molecule has 17 heavy (non-hydrogen) atoms. The molecule has 5 heteroatoms. The Labute approximate surface area is 99.8 Å². The van der Waals surface area contributed by atoms with E-state index in [2.05, 4.69) is 23.9 Å². The Morgan fingerprint density at radius 3 is 2.76 bits per heavy atom. The molecule has 2 heterocycles. The van der Waals surface area contributed by atoms with Gasteiger partial charge in [-0.25, -0.2) is 4.68 Å². The van der Waals surface area contributed by atoms with E-state index in [0.717, 1.165) is 11.4 Å². The minimum absolute atomic E-state index is 0.0388. The van der Waals surface area contributed by atoms with Gasteiger partial charge in [-0.1, -0.05) is 13.8 Å². The van der Waals surface area contributed by atoms with Crippen molar-refractivity contribution in [2.75, 3.05) is 0 Å². The highest BCUT2D eigenvalue weighted by Crippen LogP contribution is 2.14. The van der Waals surface area contributed by atoms with Gasteiger partial charge in [0.05, 0.1) is 11.4 Å². The first-order chi connectivity index (χ1) is 8.08. The average molecular weight is 229 g/mol. The minimum Gasteiger partial charge on any atom is -0.382 e. The van der Waals surface area contributed by atoms with Crippen molar-refractivity contribution in [3.63, 3.8) is 0 Å². The molecule has 0 saturated heterocycles. The van der Waals surface area contributed by atoms with Gasteiger partial charge in [0.25, 0.3) is 0 Å². The van der Waals surface area contributed by atoms with Crippen LogP contribution in [-0.2, 0) is 0 Å². The van der Waals surface area contributed by atoms with Crippen LogP contribution in [0.2, 0.25) is 0 Å². The van der Waals surface area contributed by atoms with Crippen molar-refractivity contribution in [1.29, 1.82) is 5.41 Å². The predicted octanol–water partition coefficient (Wildman–Crippen LogP) is 1.67. The van der Waals surface area contributed by atoms with Gasteiger partial charge in [0, 0.05) is 12.4 Å². The molecule has 0 aliphatic heterocycles. The second kappa shape index (κ2) is 4.37. The third-order valence-corrected chi connectivity index (χ3v) is 2.49. The molecular formula is C12H15N5. The smallest absolute Gasteiger partial charge is 0.141 e. The number of hydrogen-bond acceptors (Lipinski definition) is 3. The van der Waals surface area contributed by atoms with Gasteiger partial charge in [-0.3, -0.25) is 10.4 Å². The zero-order valence-electron chi connectivity index (χ0n) is 9.88. The van der Waals surface area contributed by atoms with E-state index in [1.165, 1.54) is 0 Å². The van der Waals surface area contributed by atoms with Gasteiger partial charge >= 0.3 is 0 Å². The zero-order chi connectivity index (χ0) is 12.4. The zero-order valence-corrected chi connectivity index (χ0v) is 9.88. The molecule has 3 N–H and O–H groups in total. The summed E-state index contributed by atoms with van der Waals surface area (Å²) in [7, 11) is 0. The maximum Gasteiger partial charge on any atom is 0.141 e. The van der Waals surface area contributed by atoms with Crippen molar-refractivity contribution in [3.8, 4) is 5.69 Å². The average Bonchev–Trinajstić information content (AvgIpc) is 2.78. The molecule has 0 saturated carbocycles. The summed E-state index contributed by atoms with van der Waals surface area (Å²) in [5.41, 5.74) is 7.76. The lowest BCUT2D eigenvalue weighted by atomic mass is 10.1. The van der Waals surface area contributed by atoms with Crippen LogP contribution in [0.4, 0.5) is 0 Å². The fourth-order valence-corrected chi connectivity index (χ4v) is 1.50. The summed E-state index contributed by atoms with van der Waals surface area (Å²) in [6.45, 7) is 4.19. The molecule has 2 rings (SSSR count). The number of amidine groups is 1. The minimum atomic E-state index is -0.0388. The molecule has 0 bridgehead atoms. The lowest BCUT2D eigenvalue weighted by molar-refractivity contribution is 0.767. The second-order valence-corrected chi connectivity index (χ2v) is 4.15. The van der Waals surface area contributed by atoms with E-state index < -0.39 is 0 Å². The fourth-order valence-electron chi connectivity index (χ4n) is 1.50. The van der Waals surface area contributed by atoms with Crippen LogP contribution in [0.5, 0.6) is 0 Å². The number of nitrogens with zero attached hydrogens (tertiary/aromatic N) is 3. The highest BCUT2D eigenvalue weighted by Gasteiger charge is 2.06. The lowest BCUT2D eigenvalue weighted by Crippen LogP contribution is -2.13. The van der Waals surface area contributed by atoms with Crippen molar-refractivity contribution in [1.82, 2.24) is 14.8 Å². The van der Waals surface area contributed by atoms with E-state index in [0.29, 0.717) is 11.6 Å². The van der Waals surface area contributed by atoms with Crippen LogP contribution in [-0.4, -0.2) is 20.6 Å². The molecule has 0 amide bonds. The van der Waals surface area contributed by atoms with Crippen LogP contribution < -0.4 is 5.73 Å². The second-order valence-electron chi connectivity index (χ2n) is 4.15. The summed E-state index contributed by atoms with van der Waals surface area (Å²) >= 11 is 0.